The normalized spacial score (nSPS) is 12.8. The van der Waals surface area contributed by atoms with E-state index in [1.165, 1.54) is 63.0 Å². The standard InChI is InChI=1S/C24H16S2/c1-13-6-8-15-18-12-22-23(16-9-7-14(2)11-21(16)26-22)17-4-3-5-19(24(17)18)25-20(15)10-13/h3-12H,1-2H3. The third kappa shape index (κ3) is 1.92. The molecule has 0 nitrogen and oxygen atoms in total. The molecule has 2 heterocycles. The first-order valence-corrected chi connectivity index (χ1v) is 10.5. The number of hydrogen-bond donors (Lipinski definition) is 0. The highest BCUT2D eigenvalue weighted by Gasteiger charge is 2.22. The Morgan fingerprint density at radius 1 is 0.615 bits per heavy atom. The van der Waals surface area contributed by atoms with Crippen LogP contribution in [0, 0.1) is 13.8 Å². The van der Waals surface area contributed by atoms with Crippen LogP contribution in [0.4, 0.5) is 0 Å². The molecule has 0 saturated carbocycles. The highest BCUT2D eigenvalue weighted by atomic mass is 32.2. The Kier molecular flexibility index (Phi) is 2.92. The van der Waals surface area contributed by atoms with Crippen LogP contribution in [-0.2, 0) is 0 Å². The molecule has 0 atom stereocenters. The molecule has 1 aliphatic rings. The van der Waals surface area contributed by atoms with Crippen molar-refractivity contribution < 1.29 is 0 Å². The maximum atomic E-state index is 2.43. The predicted molar refractivity (Wildman–Crippen MR) is 116 cm³/mol. The van der Waals surface area contributed by atoms with Crippen LogP contribution in [0.1, 0.15) is 11.1 Å². The van der Waals surface area contributed by atoms with Crippen molar-refractivity contribution in [1.29, 1.82) is 0 Å². The fourth-order valence-corrected chi connectivity index (χ4v) is 6.67. The number of thiophene rings is 1. The van der Waals surface area contributed by atoms with Gasteiger partial charge in [-0.05, 0) is 65.8 Å². The largest absolute Gasteiger partial charge is 0.135 e. The lowest BCUT2D eigenvalue weighted by atomic mass is 9.94. The molecule has 4 aromatic carbocycles. The van der Waals surface area contributed by atoms with Crippen molar-refractivity contribution in [2.45, 2.75) is 23.6 Å². The van der Waals surface area contributed by atoms with Gasteiger partial charge < -0.3 is 0 Å². The van der Waals surface area contributed by atoms with E-state index in [2.05, 4.69) is 74.5 Å². The van der Waals surface area contributed by atoms with Crippen LogP contribution in [0.15, 0.2) is 70.5 Å². The van der Waals surface area contributed by atoms with Gasteiger partial charge in [-0.3, -0.25) is 0 Å². The van der Waals surface area contributed by atoms with Gasteiger partial charge in [-0.1, -0.05) is 48.2 Å². The Morgan fingerprint density at radius 2 is 1.46 bits per heavy atom. The molecule has 26 heavy (non-hydrogen) atoms. The summed E-state index contributed by atoms with van der Waals surface area (Å²) in [6, 6.07) is 22.9. The Labute approximate surface area is 160 Å². The van der Waals surface area contributed by atoms with Gasteiger partial charge in [-0.25, -0.2) is 0 Å². The Morgan fingerprint density at radius 3 is 2.38 bits per heavy atom. The lowest BCUT2D eigenvalue weighted by molar-refractivity contribution is 1.34. The second kappa shape index (κ2) is 5.12. The molecule has 1 aromatic heterocycles. The summed E-state index contributed by atoms with van der Waals surface area (Å²) in [5.74, 6) is 0. The maximum Gasteiger partial charge on any atom is 0.0368 e. The van der Waals surface area contributed by atoms with Gasteiger partial charge in [0.15, 0.2) is 0 Å². The minimum atomic E-state index is 1.32. The lowest BCUT2D eigenvalue weighted by Crippen LogP contribution is -1.93. The second-order valence-electron chi connectivity index (χ2n) is 7.18. The molecule has 0 radical (unpaired) electrons. The van der Waals surface area contributed by atoms with Gasteiger partial charge in [0.1, 0.15) is 0 Å². The summed E-state index contributed by atoms with van der Waals surface area (Å²) in [6.45, 7) is 4.35. The van der Waals surface area contributed by atoms with E-state index < -0.39 is 0 Å². The van der Waals surface area contributed by atoms with Crippen LogP contribution in [0.3, 0.4) is 0 Å². The van der Waals surface area contributed by atoms with Crippen molar-refractivity contribution in [2.24, 2.45) is 0 Å². The summed E-state index contributed by atoms with van der Waals surface area (Å²) in [6.07, 6.45) is 0. The van der Waals surface area contributed by atoms with Crippen molar-refractivity contribution in [3.05, 3.63) is 71.8 Å². The molecule has 2 heteroatoms. The highest BCUT2D eigenvalue weighted by Crippen LogP contribution is 2.51. The van der Waals surface area contributed by atoms with Gasteiger partial charge in [0, 0.05) is 35.3 Å². The number of rotatable bonds is 0. The molecule has 0 amide bonds. The van der Waals surface area contributed by atoms with E-state index in [0.717, 1.165) is 0 Å². The third-order valence-electron chi connectivity index (χ3n) is 5.36. The zero-order valence-corrected chi connectivity index (χ0v) is 16.2. The van der Waals surface area contributed by atoms with Gasteiger partial charge in [0.05, 0.1) is 0 Å². The highest BCUT2D eigenvalue weighted by molar-refractivity contribution is 7.99. The first-order chi connectivity index (χ1) is 12.7. The lowest BCUT2D eigenvalue weighted by Gasteiger charge is -2.21. The molecule has 0 bridgehead atoms. The molecule has 0 fully saturated rings. The molecular formula is C24H16S2. The summed E-state index contributed by atoms with van der Waals surface area (Å²) in [4.78, 5) is 2.75. The van der Waals surface area contributed by atoms with E-state index >= 15 is 0 Å². The minimum Gasteiger partial charge on any atom is -0.135 e. The van der Waals surface area contributed by atoms with Crippen LogP contribution in [0.2, 0.25) is 0 Å². The zero-order valence-electron chi connectivity index (χ0n) is 14.6. The topological polar surface area (TPSA) is 0 Å². The molecule has 0 spiro atoms. The van der Waals surface area contributed by atoms with Crippen LogP contribution in [0.5, 0.6) is 0 Å². The smallest absolute Gasteiger partial charge is 0.0368 e. The fourth-order valence-electron chi connectivity index (χ4n) is 4.18. The van der Waals surface area contributed by atoms with Gasteiger partial charge in [-0.15, -0.1) is 11.3 Å². The van der Waals surface area contributed by atoms with E-state index in [1.54, 1.807) is 0 Å². The Balaban J connectivity index is 1.85. The average molecular weight is 369 g/mol. The Hall–Kier alpha value is -2.29. The van der Waals surface area contributed by atoms with Gasteiger partial charge in [-0.2, -0.15) is 0 Å². The molecule has 6 rings (SSSR count). The second-order valence-corrected chi connectivity index (χ2v) is 9.35. The van der Waals surface area contributed by atoms with Crippen molar-refractivity contribution >= 4 is 54.0 Å². The molecule has 0 N–H and O–H groups in total. The first kappa shape index (κ1) is 14.8. The van der Waals surface area contributed by atoms with E-state index in [0.29, 0.717) is 0 Å². The third-order valence-corrected chi connectivity index (χ3v) is 7.58. The number of hydrogen-bond acceptors (Lipinski definition) is 2. The van der Waals surface area contributed by atoms with Crippen LogP contribution < -0.4 is 0 Å². The van der Waals surface area contributed by atoms with E-state index in [9.17, 15) is 0 Å². The van der Waals surface area contributed by atoms with Gasteiger partial charge in [0.25, 0.3) is 0 Å². The monoisotopic (exact) mass is 368 g/mol. The summed E-state index contributed by atoms with van der Waals surface area (Å²) >= 11 is 3.83. The first-order valence-electron chi connectivity index (χ1n) is 8.86. The van der Waals surface area contributed by atoms with E-state index in [1.807, 2.05) is 23.1 Å². The van der Waals surface area contributed by atoms with Crippen molar-refractivity contribution in [3.8, 4) is 11.1 Å². The van der Waals surface area contributed by atoms with Gasteiger partial charge >= 0.3 is 0 Å². The molecule has 0 saturated heterocycles. The summed E-state index contributed by atoms with van der Waals surface area (Å²) in [7, 11) is 0. The van der Waals surface area contributed by atoms with Crippen molar-refractivity contribution in [2.75, 3.05) is 0 Å². The fraction of sp³-hybridized carbons (Fsp3) is 0.0833. The summed E-state index contributed by atoms with van der Waals surface area (Å²) < 4.78 is 2.78. The van der Waals surface area contributed by atoms with E-state index in [4.69, 9.17) is 0 Å². The number of fused-ring (bicyclic) bond motifs is 6. The Bertz CT molecular complexity index is 1370. The number of aryl methyl sites for hydroxylation is 2. The minimum absolute atomic E-state index is 1.32. The average Bonchev–Trinajstić information content (AvgIpc) is 2.99. The molecule has 1 aliphatic heterocycles. The molecule has 124 valence electrons. The van der Waals surface area contributed by atoms with E-state index in [-0.39, 0.29) is 0 Å². The maximum absolute atomic E-state index is 2.43. The molecule has 0 unspecified atom stereocenters. The van der Waals surface area contributed by atoms with Crippen molar-refractivity contribution in [1.82, 2.24) is 0 Å². The zero-order chi connectivity index (χ0) is 17.4. The summed E-state index contributed by atoms with van der Waals surface area (Å²) in [5, 5.41) is 5.62. The molecule has 5 aromatic rings. The molecule has 0 aliphatic carbocycles. The van der Waals surface area contributed by atoms with Crippen molar-refractivity contribution in [3.63, 3.8) is 0 Å². The quantitative estimate of drug-likeness (QED) is 0.262. The van der Waals surface area contributed by atoms with Crippen LogP contribution in [0.25, 0.3) is 42.1 Å². The molecular weight excluding hydrogens is 352 g/mol. The van der Waals surface area contributed by atoms with Crippen LogP contribution >= 0.6 is 23.1 Å². The predicted octanol–water partition coefficient (Wildman–Crippen LogP) is 7.96. The summed E-state index contributed by atoms with van der Waals surface area (Å²) in [5.41, 5.74) is 5.42. The van der Waals surface area contributed by atoms with Gasteiger partial charge in [0.2, 0.25) is 0 Å². The number of benzene rings is 4. The SMILES string of the molecule is Cc1ccc2c(c1)Sc1cccc3c1c-2cc1sc2cc(C)ccc2c13. The van der Waals surface area contributed by atoms with Crippen LogP contribution in [-0.4, -0.2) is 0 Å².